The van der Waals surface area contributed by atoms with E-state index in [1.165, 1.54) is 23.3 Å². The lowest BCUT2D eigenvalue weighted by atomic mass is 10.3. The van der Waals surface area contributed by atoms with Crippen LogP contribution in [0, 0.1) is 0 Å². The van der Waals surface area contributed by atoms with Crippen molar-refractivity contribution < 1.29 is 9.59 Å². The number of likely N-dealkylation sites (N-methyl/N-ethyl adjacent to an activating group) is 1. The van der Waals surface area contributed by atoms with E-state index in [9.17, 15) is 9.59 Å². The van der Waals surface area contributed by atoms with Crippen LogP contribution in [0.25, 0.3) is 16.4 Å². The summed E-state index contributed by atoms with van der Waals surface area (Å²) >= 11 is 1.51. The quantitative estimate of drug-likeness (QED) is 0.762. The SMILES string of the molecule is CN(CC(N)=O)C(=O)c1nc(-c2cccs2)n(-c2ccccc2)n1. The van der Waals surface area contributed by atoms with Gasteiger partial charge < -0.3 is 10.6 Å². The van der Waals surface area contributed by atoms with Gasteiger partial charge >= 0.3 is 0 Å². The van der Waals surface area contributed by atoms with Gasteiger partial charge in [-0.2, -0.15) is 0 Å². The topological polar surface area (TPSA) is 94.1 Å². The van der Waals surface area contributed by atoms with Crippen molar-refractivity contribution in [2.24, 2.45) is 5.73 Å². The number of hydrogen-bond donors (Lipinski definition) is 1. The lowest BCUT2D eigenvalue weighted by molar-refractivity contribution is -0.118. The molecule has 122 valence electrons. The summed E-state index contributed by atoms with van der Waals surface area (Å²) < 4.78 is 1.62. The Kier molecular flexibility index (Phi) is 4.39. The number of hydrogen-bond acceptors (Lipinski definition) is 5. The van der Waals surface area contributed by atoms with Gasteiger partial charge in [0.05, 0.1) is 17.1 Å². The molecule has 0 aliphatic rings. The van der Waals surface area contributed by atoms with Crippen molar-refractivity contribution in [1.82, 2.24) is 19.7 Å². The summed E-state index contributed by atoms with van der Waals surface area (Å²) in [4.78, 5) is 29.9. The average Bonchev–Trinajstić information content (AvgIpc) is 3.23. The third kappa shape index (κ3) is 3.18. The average molecular weight is 341 g/mol. The van der Waals surface area contributed by atoms with Gasteiger partial charge in [0.15, 0.2) is 5.82 Å². The minimum absolute atomic E-state index is 0.0194. The number of primary amides is 1. The highest BCUT2D eigenvalue weighted by atomic mass is 32.1. The number of aromatic nitrogens is 3. The van der Waals surface area contributed by atoms with Crippen molar-refractivity contribution in [2.45, 2.75) is 0 Å². The Hall–Kier alpha value is -3.00. The molecule has 0 saturated heterocycles. The number of benzene rings is 1. The molecule has 0 fully saturated rings. The van der Waals surface area contributed by atoms with Crippen LogP contribution >= 0.6 is 11.3 Å². The van der Waals surface area contributed by atoms with Crippen LogP contribution in [0.2, 0.25) is 0 Å². The molecule has 7 nitrogen and oxygen atoms in total. The summed E-state index contributed by atoms with van der Waals surface area (Å²) in [5.41, 5.74) is 5.93. The lowest BCUT2D eigenvalue weighted by Crippen LogP contribution is -2.35. The van der Waals surface area contributed by atoms with Crippen molar-refractivity contribution in [2.75, 3.05) is 13.6 Å². The smallest absolute Gasteiger partial charge is 0.293 e. The molecule has 0 atom stereocenters. The molecule has 0 unspecified atom stereocenters. The number of para-hydroxylation sites is 1. The fourth-order valence-electron chi connectivity index (χ4n) is 2.19. The van der Waals surface area contributed by atoms with Gasteiger partial charge in [-0.1, -0.05) is 24.3 Å². The van der Waals surface area contributed by atoms with E-state index >= 15 is 0 Å². The summed E-state index contributed by atoms with van der Waals surface area (Å²) in [6, 6.07) is 13.3. The number of thiophene rings is 1. The predicted molar refractivity (Wildman–Crippen MR) is 90.8 cm³/mol. The fraction of sp³-hybridized carbons (Fsp3) is 0.125. The first-order valence-electron chi connectivity index (χ1n) is 7.16. The highest BCUT2D eigenvalue weighted by Crippen LogP contribution is 2.25. The van der Waals surface area contributed by atoms with E-state index in [0.717, 1.165) is 10.6 Å². The molecule has 0 spiro atoms. The third-order valence-electron chi connectivity index (χ3n) is 3.28. The molecule has 2 heterocycles. The number of nitrogens with two attached hydrogens (primary N) is 1. The summed E-state index contributed by atoms with van der Waals surface area (Å²) in [5.74, 6) is -0.453. The molecule has 0 aliphatic carbocycles. The van der Waals surface area contributed by atoms with Crippen LogP contribution in [0.1, 0.15) is 10.6 Å². The van der Waals surface area contributed by atoms with E-state index in [0.29, 0.717) is 5.82 Å². The Morgan fingerprint density at radius 2 is 1.96 bits per heavy atom. The Morgan fingerprint density at radius 1 is 1.21 bits per heavy atom. The van der Waals surface area contributed by atoms with Crippen LogP contribution in [-0.4, -0.2) is 45.1 Å². The summed E-state index contributed by atoms with van der Waals surface area (Å²) in [7, 11) is 1.49. The highest BCUT2D eigenvalue weighted by molar-refractivity contribution is 7.13. The number of amides is 2. The van der Waals surface area contributed by atoms with E-state index in [1.54, 1.807) is 4.68 Å². The minimum atomic E-state index is -0.591. The zero-order chi connectivity index (χ0) is 17.1. The van der Waals surface area contributed by atoms with Gasteiger partial charge in [-0.25, -0.2) is 9.67 Å². The van der Waals surface area contributed by atoms with E-state index in [4.69, 9.17) is 5.73 Å². The molecule has 24 heavy (non-hydrogen) atoms. The Morgan fingerprint density at radius 3 is 2.58 bits per heavy atom. The first kappa shape index (κ1) is 15.9. The van der Waals surface area contributed by atoms with Crippen LogP contribution in [-0.2, 0) is 4.79 Å². The Labute approximate surface area is 142 Å². The molecule has 1 aromatic carbocycles. The van der Waals surface area contributed by atoms with Crippen molar-refractivity contribution in [3.8, 4) is 16.4 Å². The zero-order valence-corrected chi connectivity index (χ0v) is 13.7. The summed E-state index contributed by atoms with van der Waals surface area (Å²) in [5, 5.41) is 6.26. The van der Waals surface area contributed by atoms with Gasteiger partial charge in [-0.05, 0) is 23.6 Å². The predicted octanol–water partition coefficient (Wildman–Crippen LogP) is 1.55. The van der Waals surface area contributed by atoms with Gasteiger partial charge in [0.25, 0.3) is 5.91 Å². The van der Waals surface area contributed by atoms with Crippen LogP contribution in [0.5, 0.6) is 0 Å². The third-order valence-corrected chi connectivity index (χ3v) is 4.15. The van der Waals surface area contributed by atoms with Crippen LogP contribution in [0.4, 0.5) is 0 Å². The second-order valence-corrected chi connectivity index (χ2v) is 6.06. The molecule has 0 saturated carbocycles. The molecule has 2 aromatic heterocycles. The first-order chi connectivity index (χ1) is 11.6. The standard InChI is InChI=1S/C16H15N5O2S/c1-20(10-13(17)22)16(23)14-18-15(12-8-5-9-24-12)21(19-14)11-6-3-2-4-7-11/h2-9H,10H2,1H3,(H2,17,22). The molecule has 0 radical (unpaired) electrons. The molecule has 3 aromatic rings. The van der Waals surface area contributed by atoms with Crippen LogP contribution in [0.3, 0.4) is 0 Å². The number of nitrogens with zero attached hydrogens (tertiary/aromatic N) is 4. The van der Waals surface area contributed by atoms with E-state index in [1.807, 2.05) is 47.8 Å². The molecule has 3 rings (SSSR count). The Balaban J connectivity index is 2.04. The molecule has 8 heteroatoms. The molecule has 0 bridgehead atoms. The maximum atomic E-state index is 12.4. The van der Waals surface area contributed by atoms with Crippen molar-refractivity contribution in [1.29, 1.82) is 0 Å². The van der Waals surface area contributed by atoms with Gasteiger partial charge in [0, 0.05) is 7.05 Å². The van der Waals surface area contributed by atoms with Crippen molar-refractivity contribution in [3.63, 3.8) is 0 Å². The minimum Gasteiger partial charge on any atom is -0.368 e. The van der Waals surface area contributed by atoms with E-state index in [2.05, 4.69) is 10.1 Å². The van der Waals surface area contributed by atoms with Crippen LogP contribution < -0.4 is 5.73 Å². The monoisotopic (exact) mass is 341 g/mol. The first-order valence-corrected chi connectivity index (χ1v) is 8.04. The maximum absolute atomic E-state index is 12.4. The van der Waals surface area contributed by atoms with E-state index in [-0.39, 0.29) is 12.4 Å². The number of carbonyl (C=O) groups excluding carboxylic acids is 2. The van der Waals surface area contributed by atoms with Gasteiger partial charge in [0.1, 0.15) is 0 Å². The molecular weight excluding hydrogens is 326 g/mol. The summed E-state index contributed by atoms with van der Waals surface area (Å²) in [6.07, 6.45) is 0. The van der Waals surface area contributed by atoms with Gasteiger partial charge in [0.2, 0.25) is 11.7 Å². The molecule has 0 aliphatic heterocycles. The van der Waals surface area contributed by atoms with Crippen molar-refractivity contribution in [3.05, 3.63) is 53.7 Å². The molecule has 2 amide bonds. The van der Waals surface area contributed by atoms with Crippen LogP contribution in [0.15, 0.2) is 47.8 Å². The van der Waals surface area contributed by atoms with Gasteiger partial charge in [-0.15, -0.1) is 16.4 Å². The second kappa shape index (κ2) is 6.63. The highest BCUT2D eigenvalue weighted by Gasteiger charge is 2.22. The van der Waals surface area contributed by atoms with Gasteiger partial charge in [-0.3, -0.25) is 9.59 Å². The van der Waals surface area contributed by atoms with E-state index < -0.39 is 11.8 Å². The molecule has 2 N–H and O–H groups in total. The number of rotatable bonds is 5. The number of carbonyl (C=O) groups is 2. The molecular formula is C16H15N5O2S. The zero-order valence-electron chi connectivity index (χ0n) is 12.9. The largest absolute Gasteiger partial charge is 0.368 e. The maximum Gasteiger partial charge on any atom is 0.293 e. The Bertz CT molecular complexity index is 858. The fourth-order valence-corrected chi connectivity index (χ4v) is 2.89. The normalized spacial score (nSPS) is 10.5. The lowest BCUT2D eigenvalue weighted by Gasteiger charge is -2.12. The van der Waals surface area contributed by atoms with Crippen molar-refractivity contribution >= 4 is 23.2 Å². The summed E-state index contributed by atoms with van der Waals surface area (Å²) in [6.45, 7) is -0.187. The second-order valence-electron chi connectivity index (χ2n) is 5.11.